The summed E-state index contributed by atoms with van der Waals surface area (Å²) in [5.41, 5.74) is 0.814. The van der Waals surface area contributed by atoms with E-state index in [1.165, 1.54) is 0 Å². The van der Waals surface area contributed by atoms with Gasteiger partial charge in [0, 0.05) is 16.8 Å². The Morgan fingerprint density at radius 1 is 1.21 bits per heavy atom. The van der Waals surface area contributed by atoms with Crippen LogP contribution in [0, 0.1) is 5.92 Å². The van der Waals surface area contributed by atoms with E-state index in [1.807, 2.05) is 24.3 Å². The smallest absolute Gasteiger partial charge is 0.303 e. The Morgan fingerprint density at radius 2 is 1.88 bits per heavy atom. The number of rotatable bonds is 7. The molecule has 1 aliphatic rings. The van der Waals surface area contributed by atoms with Gasteiger partial charge in [-0.25, -0.2) is 0 Å². The van der Waals surface area contributed by atoms with Crippen molar-refractivity contribution in [2.45, 2.75) is 32.1 Å². The molecule has 0 aliphatic carbocycles. The van der Waals surface area contributed by atoms with Gasteiger partial charge in [0.25, 0.3) is 0 Å². The molecule has 0 atom stereocenters. The zero-order chi connectivity index (χ0) is 16.7. The fraction of sp³-hybridized carbons (Fsp3) is 0.529. The Hall–Kier alpha value is -1.11. The molecule has 5 nitrogen and oxygen atoms in total. The number of likely N-dealkylation sites (tertiary alicyclic amines) is 1. The number of para-hydroxylation sites is 1. The SMILES string of the molecule is Cl.O=C(O)CCCCN1CCC(C(=O)Nc2ccccc2Br)CC1. The van der Waals surface area contributed by atoms with E-state index < -0.39 is 5.97 Å². The quantitative estimate of drug-likeness (QED) is 0.660. The van der Waals surface area contributed by atoms with Gasteiger partial charge in [-0.1, -0.05) is 12.1 Å². The van der Waals surface area contributed by atoms with E-state index >= 15 is 0 Å². The molecular weight excluding hydrogens is 396 g/mol. The van der Waals surface area contributed by atoms with Crippen LogP contribution in [0.1, 0.15) is 32.1 Å². The third kappa shape index (κ3) is 6.79. The highest BCUT2D eigenvalue weighted by Gasteiger charge is 2.25. The topological polar surface area (TPSA) is 69.6 Å². The van der Waals surface area contributed by atoms with Crippen LogP contribution in [-0.2, 0) is 9.59 Å². The van der Waals surface area contributed by atoms with Crippen molar-refractivity contribution in [2.75, 3.05) is 25.0 Å². The first-order valence-corrected chi connectivity index (χ1v) is 8.85. The number of nitrogens with one attached hydrogen (secondary N) is 1. The lowest BCUT2D eigenvalue weighted by Gasteiger charge is -2.31. The molecule has 2 rings (SSSR count). The highest BCUT2D eigenvalue weighted by atomic mass is 79.9. The first kappa shape index (κ1) is 20.9. The average Bonchev–Trinajstić information content (AvgIpc) is 2.54. The van der Waals surface area contributed by atoms with E-state index in [4.69, 9.17) is 5.11 Å². The predicted molar refractivity (Wildman–Crippen MR) is 101 cm³/mol. The number of hydrogen-bond donors (Lipinski definition) is 2. The number of carbonyl (C=O) groups excluding carboxylic acids is 1. The normalized spacial score (nSPS) is 15.5. The molecule has 1 aromatic carbocycles. The van der Waals surface area contributed by atoms with E-state index in [1.54, 1.807) is 0 Å². The van der Waals surface area contributed by atoms with Crippen LogP contribution in [0.3, 0.4) is 0 Å². The second-order valence-corrected chi connectivity index (χ2v) is 6.79. The van der Waals surface area contributed by atoms with Crippen molar-refractivity contribution in [1.29, 1.82) is 0 Å². The maximum absolute atomic E-state index is 12.3. The lowest BCUT2D eigenvalue weighted by molar-refractivity contribution is -0.137. The molecule has 1 aliphatic heterocycles. The van der Waals surface area contributed by atoms with Gasteiger partial charge < -0.3 is 15.3 Å². The van der Waals surface area contributed by atoms with Crippen LogP contribution in [0.15, 0.2) is 28.7 Å². The minimum atomic E-state index is -0.729. The summed E-state index contributed by atoms with van der Waals surface area (Å²) in [4.78, 5) is 25.2. The molecule has 0 unspecified atom stereocenters. The number of amides is 1. The monoisotopic (exact) mass is 418 g/mol. The van der Waals surface area contributed by atoms with Crippen LogP contribution >= 0.6 is 28.3 Å². The Bertz CT molecular complexity index is 548. The second kappa shape index (κ2) is 10.7. The number of aliphatic carboxylic acids is 1. The third-order valence-electron chi connectivity index (χ3n) is 4.21. The van der Waals surface area contributed by atoms with E-state index in [0.717, 1.165) is 55.5 Å². The summed E-state index contributed by atoms with van der Waals surface area (Å²) < 4.78 is 0.893. The molecule has 24 heavy (non-hydrogen) atoms. The Balaban J connectivity index is 0.00000288. The fourth-order valence-corrected chi connectivity index (χ4v) is 3.21. The summed E-state index contributed by atoms with van der Waals surface area (Å²) in [5.74, 6) is -0.591. The van der Waals surface area contributed by atoms with Crippen LogP contribution in [0.25, 0.3) is 0 Å². The second-order valence-electron chi connectivity index (χ2n) is 5.94. The molecule has 0 spiro atoms. The molecular formula is C17H24BrClN2O3. The average molecular weight is 420 g/mol. The van der Waals surface area contributed by atoms with Gasteiger partial charge in [-0.15, -0.1) is 12.4 Å². The van der Waals surface area contributed by atoms with E-state index in [9.17, 15) is 9.59 Å². The largest absolute Gasteiger partial charge is 0.481 e. The highest BCUT2D eigenvalue weighted by molar-refractivity contribution is 9.10. The molecule has 1 aromatic rings. The molecule has 0 saturated carbocycles. The summed E-state index contributed by atoms with van der Waals surface area (Å²) in [6.07, 6.45) is 3.58. The van der Waals surface area contributed by atoms with Crippen molar-refractivity contribution in [1.82, 2.24) is 4.90 Å². The summed E-state index contributed by atoms with van der Waals surface area (Å²) in [5, 5.41) is 11.6. The van der Waals surface area contributed by atoms with Gasteiger partial charge in [-0.05, 0) is 73.4 Å². The molecule has 1 amide bonds. The molecule has 1 saturated heterocycles. The van der Waals surface area contributed by atoms with Gasteiger partial charge in [0.2, 0.25) is 5.91 Å². The van der Waals surface area contributed by atoms with Gasteiger partial charge in [0.05, 0.1) is 5.69 Å². The molecule has 0 aromatic heterocycles. The maximum Gasteiger partial charge on any atom is 0.303 e. The fourth-order valence-electron chi connectivity index (χ4n) is 2.83. The number of carboxylic acids is 1. The summed E-state index contributed by atoms with van der Waals surface area (Å²) in [6.45, 7) is 2.73. The van der Waals surface area contributed by atoms with Gasteiger partial charge in [0.1, 0.15) is 0 Å². The van der Waals surface area contributed by atoms with Crippen LogP contribution in [0.2, 0.25) is 0 Å². The van der Waals surface area contributed by atoms with Crippen LogP contribution in [0.4, 0.5) is 5.69 Å². The van der Waals surface area contributed by atoms with Crippen molar-refractivity contribution < 1.29 is 14.7 Å². The number of nitrogens with zero attached hydrogens (tertiary/aromatic N) is 1. The van der Waals surface area contributed by atoms with Crippen molar-refractivity contribution in [2.24, 2.45) is 5.92 Å². The van der Waals surface area contributed by atoms with Crippen molar-refractivity contribution >= 4 is 45.9 Å². The summed E-state index contributed by atoms with van der Waals surface area (Å²) in [7, 11) is 0. The number of halogens is 2. The van der Waals surface area contributed by atoms with E-state index in [0.29, 0.717) is 0 Å². The van der Waals surface area contributed by atoms with Crippen LogP contribution in [-0.4, -0.2) is 41.5 Å². The number of piperidine rings is 1. The Kier molecular flexibility index (Phi) is 9.33. The van der Waals surface area contributed by atoms with Crippen molar-refractivity contribution in [3.8, 4) is 0 Å². The van der Waals surface area contributed by atoms with Crippen LogP contribution < -0.4 is 5.32 Å². The molecule has 0 bridgehead atoms. The molecule has 1 heterocycles. The zero-order valence-electron chi connectivity index (χ0n) is 13.5. The third-order valence-corrected chi connectivity index (χ3v) is 4.90. The predicted octanol–water partition coefficient (Wildman–Crippen LogP) is 3.78. The number of unbranched alkanes of at least 4 members (excludes halogenated alkanes) is 1. The lowest BCUT2D eigenvalue weighted by atomic mass is 9.95. The number of carboxylic acid groups (broad SMARTS) is 1. The van der Waals surface area contributed by atoms with E-state index in [2.05, 4.69) is 26.1 Å². The number of benzene rings is 1. The minimum absolute atomic E-state index is 0. The standard InChI is InChI=1S/C17H23BrN2O3.ClH/c18-14-5-1-2-6-15(14)19-17(23)13-8-11-20(12-9-13)10-4-3-7-16(21)22;/h1-2,5-6,13H,3-4,7-12H2,(H,19,23)(H,21,22);1H. The van der Waals surface area contributed by atoms with Gasteiger partial charge in [0.15, 0.2) is 0 Å². The number of hydrogen-bond acceptors (Lipinski definition) is 3. The molecule has 2 N–H and O–H groups in total. The number of carbonyl (C=O) groups is 2. The summed E-state index contributed by atoms with van der Waals surface area (Å²) >= 11 is 3.44. The minimum Gasteiger partial charge on any atom is -0.481 e. The Morgan fingerprint density at radius 3 is 2.50 bits per heavy atom. The first-order chi connectivity index (χ1) is 11.1. The van der Waals surface area contributed by atoms with Crippen LogP contribution in [0.5, 0.6) is 0 Å². The lowest BCUT2D eigenvalue weighted by Crippen LogP contribution is -2.38. The van der Waals surface area contributed by atoms with Gasteiger partial charge >= 0.3 is 5.97 Å². The van der Waals surface area contributed by atoms with Crippen molar-refractivity contribution in [3.63, 3.8) is 0 Å². The number of anilines is 1. The summed E-state index contributed by atoms with van der Waals surface area (Å²) in [6, 6.07) is 7.62. The first-order valence-electron chi connectivity index (χ1n) is 8.06. The molecule has 7 heteroatoms. The van der Waals surface area contributed by atoms with Gasteiger partial charge in [-0.2, -0.15) is 0 Å². The molecule has 1 fully saturated rings. The van der Waals surface area contributed by atoms with Crippen molar-refractivity contribution in [3.05, 3.63) is 28.7 Å². The van der Waals surface area contributed by atoms with E-state index in [-0.39, 0.29) is 30.7 Å². The molecule has 0 radical (unpaired) electrons. The Labute approximate surface area is 157 Å². The highest BCUT2D eigenvalue weighted by Crippen LogP contribution is 2.24. The zero-order valence-corrected chi connectivity index (χ0v) is 15.9. The van der Waals surface area contributed by atoms with Gasteiger partial charge in [-0.3, -0.25) is 9.59 Å². The maximum atomic E-state index is 12.3. The molecule has 134 valence electrons.